The summed E-state index contributed by atoms with van der Waals surface area (Å²) >= 11 is 0. The highest BCUT2D eigenvalue weighted by Gasteiger charge is 2.28. The lowest BCUT2D eigenvalue weighted by Gasteiger charge is -2.11. The van der Waals surface area contributed by atoms with Crippen LogP contribution in [0.5, 0.6) is 0 Å². The van der Waals surface area contributed by atoms with Crippen molar-refractivity contribution in [2.45, 2.75) is 12.5 Å². The van der Waals surface area contributed by atoms with Crippen molar-refractivity contribution in [2.24, 2.45) is 0 Å². The Morgan fingerprint density at radius 2 is 2.06 bits per heavy atom. The molecule has 0 radical (unpaired) electrons. The van der Waals surface area contributed by atoms with E-state index in [0.717, 1.165) is 0 Å². The molecule has 0 bridgehead atoms. The molecule has 1 aromatic heterocycles. The molecule has 1 atom stereocenters. The van der Waals surface area contributed by atoms with Crippen LogP contribution in [0.15, 0.2) is 24.5 Å². The second-order valence-corrected chi connectivity index (χ2v) is 6.16. The molecule has 7 heteroatoms. The van der Waals surface area contributed by atoms with Gasteiger partial charge in [0.1, 0.15) is 0 Å². The van der Waals surface area contributed by atoms with Gasteiger partial charge in [-0.15, -0.1) is 0 Å². The van der Waals surface area contributed by atoms with Crippen LogP contribution in [-0.2, 0) is 9.84 Å². The van der Waals surface area contributed by atoms with Crippen LogP contribution in [0.2, 0.25) is 0 Å². The largest absolute Gasteiger partial charge is 0.334 e. The molecular formula is C10H13N3O3S. The third kappa shape index (κ3) is 3.42. The van der Waals surface area contributed by atoms with Crippen LogP contribution in [0.4, 0.5) is 10.5 Å². The molecule has 0 aliphatic carbocycles. The zero-order valence-electron chi connectivity index (χ0n) is 9.09. The Labute approximate surface area is 99.4 Å². The third-order valence-electron chi connectivity index (χ3n) is 2.51. The predicted octanol–water partition coefficient (Wildman–Crippen LogP) is 0.390. The number of anilines is 1. The van der Waals surface area contributed by atoms with Gasteiger partial charge in [-0.05, 0) is 18.6 Å². The van der Waals surface area contributed by atoms with Crippen molar-refractivity contribution in [3.63, 3.8) is 0 Å². The molecule has 6 nitrogen and oxygen atoms in total. The fraction of sp³-hybridized carbons (Fsp3) is 0.400. The number of aromatic nitrogens is 1. The van der Waals surface area contributed by atoms with E-state index in [0.29, 0.717) is 12.1 Å². The molecule has 1 saturated heterocycles. The van der Waals surface area contributed by atoms with Gasteiger partial charge in [-0.25, -0.2) is 13.2 Å². The number of pyridine rings is 1. The van der Waals surface area contributed by atoms with E-state index in [4.69, 9.17) is 0 Å². The fourth-order valence-corrected chi connectivity index (χ4v) is 3.37. The van der Waals surface area contributed by atoms with E-state index in [1.165, 1.54) is 0 Å². The van der Waals surface area contributed by atoms with Gasteiger partial charge in [0.15, 0.2) is 9.84 Å². The van der Waals surface area contributed by atoms with Crippen molar-refractivity contribution >= 4 is 21.6 Å². The van der Waals surface area contributed by atoms with Gasteiger partial charge < -0.3 is 10.6 Å². The summed E-state index contributed by atoms with van der Waals surface area (Å²) < 4.78 is 22.4. The molecule has 0 spiro atoms. The Morgan fingerprint density at radius 1 is 1.35 bits per heavy atom. The molecule has 0 saturated carbocycles. The van der Waals surface area contributed by atoms with Gasteiger partial charge in [-0.3, -0.25) is 4.98 Å². The number of amides is 2. The average Bonchev–Trinajstić information content (AvgIpc) is 2.59. The van der Waals surface area contributed by atoms with Crippen LogP contribution < -0.4 is 10.6 Å². The lowest BCUT2D eigenvalue weighted by atomic mass is 10.3. The Balaban J connectivity index is 1.87. The van der Waals surface area contributed by atoms with E-state index in [1.54, 1.807) is 24.5 Å². The van der Waals surface area contributed by atoms with Gasteiger partial charge in [-0.1, -0.05) is 0 Å². The van der Waals surface area contributed by atoms with Crippen LogP contribution in [-0.4, -0.2) is 37.0 Å². The molecule has 17 heavy (non-hydrogen) atoms. The normalized spacial score (nSPS) is 22.0. The van der Waals surface area contributed by atoms with Gasteiger partial charge >= 0.3 is 6.03 Å². The first kappa shape index (κ1) is 11.8. The minimum absolute atomic E-state index is 0.0246. The summed E-state index contributed by atoms with van der Waals surface area (Å²) in [5, 5.41) is 5.24. The molecular weight excluding hydrogens is 242 g/mol. The number of hydrogen-bond donors (Lipinski definition) is 2. The molecule has 2 heterocycles. The summed E-state index contributed by atoms with van der Waals surface area (Å²) in [6.45, 7) is 0. The SMILES string of the molecule is O=C(Nc1ccncc1)N[C@@H]1CCS(=O)(=O)C1. The van der Waals surface area contributed by atoms with Gasteiger partial charge in [0.2, 0.25) is 0 Å². The summed E-state index contributed by atoms with van der Waals surface area (Å²) in [5.41, 5.74) is 0.623. The van der Waals surface area contributed by atoms with Gasteiger partial charge in [0.25, 0.3) is 0 Å². The molecule has 0 aromatic carbocycles. The molecule has 2 amide bonds. The summed E-state index contributed by atoms with van der Waals surface area (Å²) in [4.78, 5) is 15.4. The molecule has 1 aliphatic rings. The Bertz CT molecular complexity index is 501. The van der Waals surface area contributed by atoms with Crippen molar-refractivity contribution in [1.29, 1.82) is 0 Å². The first-order chi connectivity index (χ1) is 8.05. The lowest BCUT2D eigenvalue weighted by Crippen LogP contribution is -2.38. The van der Waals surface area contributed by atoms with Gasteiger partial charge in [0.05, 0.1) is 11.5 Å². The van der Waals surface area contributed by atoms with Crippen LogP contribution in [0.25, 0.3) is 0 Å². The van der Waals surface area contributed by atoms with E-state index in [9.17, 15) is 13.2 Å². The number of rotatable bonds is 2. The molecule has 1 aliphatic heterocycles. The van der Waals surface area contributed by atoms with Crippen molar-refractivity contribution in [2.75, 3.05) is 16.8 Å². The maximum absolute atomic E-state index is 11.5. The first-order valence-corrected chi connectivity index (χ1v) is 7.05. The molecule has 92 valence electrons. The average molecular weight is 255 g/mol. The zero-order valence-corrected chi connectivity index (χ0v) is 9.90. The van der Waals surface area contributed by atoms with Crippen molar-refractivity contribution in [3.05, 3.63) is 24.5 Å². The number of carbonyl (C=O) groups excluding carboxylic acids is 1. The second kappa shape index (κ2) is 4.70. The summed E-state index contributed by atoms with van der Waals surface area (Å²) in [6, 6.07) is 2.63. The highest BCUT2D eigenvalue weighted by atomic mass is 32.2. The number of sulfone groups is 1. The number of hydrogen-bond acceptors (Lipinski definition) is 4. The van der Waals surface area contributed by atoms with E-state index < -0.39 is 15.9 Å². The maximum atomic E-state index is 11.5. The van der Waals surface area contributed by atoms with Crippen LogP contribution in [0.1, 0.15) is 6.42 Å². The third-order valence-corrected chi connectivity index (χ3v) is 4.27. The van der Waals surface area contributed by atoms with Crippen molar-refractivity contribution < 1.29 is 13.2 Å². The van der Waals surface area contributed by atoms with Crippen LogP contribution in [0.3, 0.4) is 0 Å². The molecule has 2 N–H and O–H groups in total. The van der Waals surface area contributed by atoms with Crippen molar-refractivity contribution in [3.8, 4) is 0 Å². The van der Waals surface area contributed by atoms with Gasteiger partial charge in [-0.2, -0.15) is 0 Å². The van der Waals surface area contributed by atoms with E-state index in [1.807, 2.05) is 0 Å². The summed E-state index contributed by atoms with van der Waals surface area (Å²) in [7, 11) is -2.97. The standard InChI is InChI=1S/C10H13N3O3S/c14-10(12-8-1-4-11-5-2-8)13-9-3-6-17(15,16)7-9/h1-2,4-5,9H,3,6-7H2,(H2,11,12,13,14)/t9-/m1/s1. The highest BCUT2D eigenvalue weighted by molar-refractivity contribution is 7.91. The van der Waals surface area contributed by atoms with E-state index >= 15 is 0 Å². The predicted molar refractivity (Wildman–Crippen MR) is 63.5 cm³/mol. The smallest absolute Gasteiger partial charge is 0.319 e. The van der Waals surface area contributed by atoms with E-state index in [-0.39, 0.29) is 17.5 Å². The lowest BCUT2D eigenvalue weighted by molar-refractivity contribution is 0.249. The number of carbonyl (C=O) groups is 1. The molecule has 1 aromatic rings. The number of urea groups is 1. The number of nitrogens with zero attached hydrogens (tertiary/aromatic N) is 1. The zero-order chi connectivity index (χ0) is 12.3. The second-order valence-electron chi connectivity index (χ2n) is 3.93. The first-order valence-electron chi connectivity index (χ1n) is 5.23. The monoisotopic (exact) mass is 255 g/mol. The minimum Gasteiger partial charge on any atom is -0.334 e. The van der Waals surface area contributed by atoms with E-state index in [2.05, 4.69) is 15.6 Å². The molecule has 1 fully saturated rings. The Kier molecular flexibility index (Phi) is 3.28. The highest BCUT2D eigenvalue weighted by Crippen LogP contribution is 2.11. The maximum Gasteiger partial charge on any atom is 0.319 e. The minimum atomic E-state index is -2.97. The Morgan fingerprint density at radius 3 is 2.65 bits per heavy atom. The molecule has 2 rings (SSSR count). The number of nitrogens with one attached hydrogen (secondary N) is 2. The fourth-order valence-electron chi connectivity index (χ4n) is 1.70. The van der Waals surface area contributed by atoms with Crippen molar-refractivity contribution in [1.82, 2.24) is 10.3 Å². The van der Waals surface area contributed by atoms with Gasteiger partial charge in [0, 0.05) is 24.1 Å². The van der Waals surface area contributed by atoms with Crippen LogP contribution >= 0.6 is 0 Å². The summed E-state index contributed by atoms with van der Waals surface area (Å²) in [5.74, 6) is 0.171. The molecule has 0 unspecified atom stereocenters. The topological polar surface area (TPSA) is 88.2 Å². The Hall–Kier alpha value is -1.63. The van der Waals surface area contributed by atoms with Crippen LogP contribution in [0, 0.1) is 0 Å². The summed E-state index contributed by atoms with van der Waals surface area (Å²) in [6.07, 6.45) is 3.61. The quantitative estimate of drug-likeness (QED) is 0.800.